The van der Waals surface area contributed by atoms with Gasteiger partial charge in [-0.15, -0.1) is 0 Å². The Morgan fingerprint density at radius 2 is 1.72 bits per heavy atom. The highest BCUT2D eigenvalue weighted by molar-refractivity contribution is 6.15. The van der Waals surface area contributed by atoms with Gasteiger partial charge in [0.2, 0.25) is 0 Å². The minimum Gasteiger partial charge on any atom is -0.493 e. The lowest BCUT2D eigenvalue weighted by Crippen LogP contribution is -2.36. The zero-order chi connectivity index (χ0) is 32.9. The minimum atomic E-state index is -0.213. The molecule has 2 aliphatic rings. The van der Waals surface area contributed by atoms with Gasteiger partial charge in [-0.1, -0.05) is 37.3 Å². The van der Waals surface area contributed by atoms with Gasteiger partial charge in [0, 0.05) is 36.2 Å². The lowest BCUT2D eigenvalue weighted by Gasteiger charge is -2.31. The summed E-state index contributed by atoms with van der Waals surface area (Å²) < 4.78 is 29.1. The summed E-state index contributed by atoms with van der Waals surface area (Å²) in [7, 11) is 3.28. The van der Waals surface area contributed by atoms with E-state index < -0.39 is 0 Å². The highest BCUT2D eigenvalue weighted by Crippen LogP contribution is 2.43. The molecule has 1 N–H and O–H groups in total. The van der Waals surface area contributed by atoms with Gasteiger partial charge in [-0.25, -0.2) is 4.98 Å². The Labute approximate surface area is 276 Å². The second kappa shape index (κ2) is 14.3. The van der Waals surface area contributed by atoms with Crippen LogP contribution in [0.4, 0.5) is 11.4 Å². The molecule has 4 aromatic rings. The Morgan fingerprint density at radius 3 is 2.47 bits per heavy atom. The van der Waals surface area contributed by atoms with E-state index in [-0.39, 0.29) is 11.8 Å². The molecule has 6 rings (SSSR count). The van der Waals surface area contributed by atoms with Crippen molar-refractivity contribution in [2.75, 3.05) is 64.0 Å². The van der Waals surface area contributed by atoms with Crippen LogP contribution in [0.25, 0.3) is 22.6 Å². The largest absolute Gasteiger partial charge is 0.493 e. The van der Waals surface area contributed by atoms with Gasteiger partial charge in [-0.3, -0.25) is 4.79 Å². The molecule has 246 valence electrons. The third-order valence-electron chi connectivity index (χ3n) is 8.67. The number of ether oxygens (including phenoxy) is 5. The maximum atomic E-state index is 14.5. The fourth-order valence-corrected chi connectivity index (χ4v) is 6.64. The molecular weight excluding hydrogens is 594 g/mol. The van der Waals surface area contributed by atoms with Crippen molar-refractivity contribution in [3.8, 4) is 23.0 Å². The summed E-state index contributed by atoms with van der Waals surface area (Å²) in [5.74, 6) is 2.69. The smallest absolute Gasteiger partial charge is 0.256 e. The molecule has 0 spiro atoms. The lowest BCUT2D eigenvalue weighted by molar-refractivity contribution is 0.102. The molecule has 9 heteroatoms. The third kappa shape index (κ3) is 6.58. The van der Waals surface area contributed by atoms with Crippen molar-refractivity contribution in [3.05, 3.63) is 77.0 Å². The molecule has 9 nitrogen and oxygen atoms in total. The first kappa shape index (κ1) is 32.2. The monoisotopic (exact) mass is 637 g/mol. The quantitative estimate of drug-likeness (QED) is 0.194. The number of rotatable bonds is 10. The Bertz CT molecular complexity index is 1800. The van der Waals surface area contributed by atoms with Gasteiger partial charge in [-0.2, -0.15) is 0 Å². The predicted octanol–water partition coefficient (Wildman–Crippen LogP) is 7.26. The van der Waals surface area contributed by atoms with E-state index in [0.29, 0.717) is 60.7 Å². The van der Waals surface area contributed by atoms with Crippen molar-refractivity contribution in [3.63, 3.8) is 0 Å². The number of hydrogen-bond acceptors (Lipinski definition) is 8. The number of carbonyl (C=O) groups is 1. The zero-order valence-corrected chi connectivity index (χ0v) is 27.9. The number of nitrogens with zero attached hydrogens (tertiary/aromatic N) is 2. The Hall–Kier alpha value is -4.76. The van der Waals surface area contributed by atoms with Crippen molar-refractivity contribution in [2.45, 2.75) is 33.6 Å². The number of fused-ring (bicyclic) bond motifs is 2. The summed E-state index contributed by atoms with van der Waals surface area (Å²) in [6, 6.07) is 17.5. The molecule has 1 unspecified atom stereocenters. The average molecular weight is 638 g/mol. The van der Waals surface area contributed by atoms with Crippen molar-refractivity contribution in [2.24, 2.45) is 5.92 Å². The van der Waals surface area contributed by atoms with Crippen LogP contribution >= 0.6 is 0 Å². The van der Waals surface area contributed by atoms with E-state index in [1.165, 1.54) is 0 Å². The van der Waals surface area contributed by atoms with Crippen molar-refractivity contribution in [1.29, 1.82) is 0 Å². The first-order valence-electron chi connectivity index (χ1n) is 16.4. The summed E-state index contributed by atoms with van der Waals surface area (Å²) in [6.45, 7) is 9.85. The van der Waals surface area contributed by atoms with Gasteiger partial charge < -0.3 is 33.9 Å². The van der Waals surface area contributed by atoms with Crippen molar-refractivity contribution >= 4 is 39.8 Å². The first-order chi connectivity index (χ1) is 22.9. The maximum Gasteiger partial charge on any atom is 0.256 e. The Morgan fingerprint density at radius 1 is 0.957 bits per heavy atom. The molecule has 1 aromatic heterocycles. The molecule has 1 atom stereocenters. The molecule has 3 aromatic carbocycles. The van der Waals surface area contributed by atoms with Gasteiger partial charge in [-0.05, 0) is 62.0 Å². The number of carbonyl (C=O) groups excluding carboxylic acids is 1. The number of aromatic nitrogens is 1. The Kier molecular flexibility index (Phi) is 9.82. The zero-order valence-electron chi connectivity index (χ0n) is 27.9. The SMILES string of the molecule is CCOc1cc(N2CCOCC2)c(OCC)cc1NC(=O)c1c2c(nc3ccccc13)C(=Cc1cccc(OC)c1OC)CC(C)C2. The van der Waals surface area contributed by atoms with Crippen LogP contribution in [-0.2, 0) is 11.2 Å². The number of methoxy groups -OCH3 is 2. The average Bonchev–Trinajstić information content (AvgIpc) is 3.08. The molecule has 0 radical (unpaired) electrons. The number of morpholine rings is 1. The minimum absolute atomic E-state index is 0.213. The van der Waals surface area contributed by atoms with E-state index in [2.05, 4.69) is 23.2 Å². The molecule has 0 saturated carbocycles. The molecule has 2 heterocycles. The van der Waals surface area contributed by atoms with E-state index in [9.17, 15) is 4.79 Å². The van der Waals surface area contributed by atoms with Crippen LogP contribution < -0.4 is 29.2 Å². The van der Waals surface area contributed by atoms with Gasteiger partial charge in [0.15, 0.2) is 11.5 Å². The highest BCUT2D eigenvalue weighted by atomic mass is 16.5. The molecule has 0 bridgehead atoms. The van der Waals surface area contributed by atoms with E-state index >= 15 is 0 Å². The molecule has 1 amide bonds. The van der Waals surface area contributed by atoms with Gasteiger partial charge >= 0.3 is 0 Å². The summed E-state index contributed by atoms with van der Waals surface area (Å²) >= 11 is 0. The molecule has 1 aliphatic heterocycles. The van der Waals surface area contributed by atoms with Crippen LogP contribution in [0.3, 0.4) is 0 Å². The third-order valence-corrected chi connectivity index (χ3v) is 8.67. The standard InChI is InChI=1S/C38H43N3O6/c1-6-46-33-23-31(41-15-17-45-18-16-41)34(47-7-2)22-30(33)40-38(42)35-27-12-8-9-13-29(27)39-36-26(19-24(3)20-28(35)36)21-25-11-10-14-32(43-4)37(25)44-5/h8-14,21-24H,6-7,15-20H2,1-5H3,(H,40,42). The number of anilines is 2. The molecule has 1 aliphatic carbocycles. The van der Waals surface area contributed by atoms with Gasteiger partial charge in [0.25, 0.3) is 5.91 Å². The lowest BCUT2D eigenvalue weighted by atomic mass is 9.80. The van der Waals surface area contributed by atoms with Crippen LogP contribution in [0.5, 0.6) is 23.0 Å². The van der Waals surface area contributed by atoms with Gasteiger partial charge in [0.1, 0.15) is 11.5 Å². The normalized spacial score (nSPS) is 16.9. The van der Waals surface area contributed by atoms with E-state index in [1.807, 2.05) is 68.4 Å². The number of benzene rings is 3. The van der Waals surface area contributed by atoms with E-state index in [1.54, 1.807) is 14.2 Å². The molecule has 1 fully saturated rings. The number of allylic oxidation sites excluding steroid dienone is 1. The molecule has 47 heavy (non-hydrogen) atoms. The summed E-state index contributed by atoms with van der Waals surface area (Å²) in [5, 5.41) is 4.03. The molecule has 1 saturated heterocycles. The van der Waals surface area contributed by atoms with Crippen molar-refractivity contribution in [1.82, 2.24) is 4.98 Å². The highest BCUT2D eigenvalue weighted by Gasteiger charge is 2.29. The summed E-state index contributed by atoms with van der Waals surface area (Å²) in [6.07, 6.45) is 3.65. The van der Waals surface area contributed by atoms with Gasteiger partial charge in [0.05, 0.1) is 68.8 Å². The second-order valence-electron chi connectivity index (χ2n) is 11.8. The van der Waals surface area contributed by atoms with Crippen molar-refractivity contribution < 1.29 is 28.5 Å². The summed E-state index contributed by atoms with van der Waals surface area (Å²) in [4.78, 5) is 21.9. The van der Waals surface area contributed by atoms with Crippen LogP contribution in [-0.4, -0.2) is 64.6 Å². The second-order valence-corrected chi connectivity index (χ2v) is 11.8. The number of amides is 1. The summed E-state index contributed by atoms with van der Waals surface area (Å²) in [5.41, 5.74) is 6.59. The number of para-hydroxylation sites is 2. The number of hydrogen-bond donors (Lipinski definition) is 1. The first-order valence-corrected chi connectivity index (χ1v) is 16.4. The maximum absolute atomic E-state index is 14.5. The van der Waals surface area contributed by atoms with Crippen LogP contribution in [0.1, 0.15) is 54.4 Å². The fourth-order valence-electron chi connectivity index (χ4n) is 6.64. The van der Waals surface area contributed by atoms with Crippen LogP contribution in [0, 0.1) is 5.92 Å². The van der Waals surface area contributed by atoms with Crippen LogP contribution in [0.2, 0.25) is 0 Å². The Balaban J connectivity index is 1.47. The molecular formula is C38H43N3O6. The predicted molar refractivity (Wildman–Crippen MR) is 186 cm³/mol. The van der Waals surface area contributed by atoms with E-state index in [4.69, 9.17) is 28.7 Å². The number of nitrogens with one attached hydrogen (secondary N) is 1. The van der Waals surface area contributed by atoms with Crippen LogP contribution in [0.15, 0.2) is 54.6 Å². The number of pyridine rings is 1. The topological polar surface area (TPSA) is 91.4 Å². The fraction of sp³-hybridized carbons (Fsp3) is 0.368. The van der Waals surface area contributed by atoms with E-state index in [0.717, 1.165) is 64.9 Å².